The number of hydrogen-bond donors (Lipinski definition) is 0. The molecule has 1 aliphatic rings. The molecule has 2 aromatic carbocycles. The third-order valence-electron chi connectivity index (χ3n) is 5.35. The molecule has 0 aliphatic heterocycles. The molecular weight excluding hydrogens is 368 g/mol. The summed E-state index contributed by atoms with van der Waals surface area (Å²) in [6, 6.07) is 18.9. The minimum atomic E-state index is 0.474. The van der Waals surface area contributed by atoms with E-state index < -0.39 is 0 Å². The van der Waals surface area contributed by atoms with Crippen LogP contribution in [0.5, 0.6) is 0 Å². The first-order chi connectivity index (χ1) is 13.9. The first-order valence-electron chi connectivity index (χ1n) is 9.81. The standard InChI is InChI=1S/C22H22N4OS/c1-2-7-16(8-3-1)13-14-26-19-12-5-4-11-18(19)23-22(26)28-15-20-24-25-21(27-20)17-9-6-10-17/h1-5,7-8,11-12,17H,6,9-10,13-15H2. The first kappa shape index (κ1) is 17.5. The lowest BCUT2D eigenvalue weighted by molar-refractivity contribution is 0.328. The number of nitrogens with zero attached hydrogens (tertiary/aromatic N) is 4. The van der Waals surface area contributed by atoms with Crippen molar-refractivity contribution in [3.05, 3.63) is 71.9 Å². The molecule has 0 N–H and O–H groups in total. The number of aryl methyl sites for hydroxylation is 2. The van der Waals surface area contributed by atoms with Crippen molar-refractivity contribution in [1.29, 1.82) is 0 Å². The summed E-state index contributed by atoms with van der Waals surface area (Å²) < 4.78 is 8.17. The van der Waals surface area contributed by atoms with Gasteiger partial charge in [-0.15, -0.1) is 10.2 Å². The molecule has 0 unspecified atom stereocenters. The van der Waals surface area contributed by atoms with Crippen LogP contribution in [0.4, 0.5) is 0 Å². The Morgan fingerprint density at radius 3 is 2.64 bits per heavy atom. The lowest BCUT2D eigenvalue weighted by atomic mass is 9.85. The highest BCUT2D eigenvalue weighted by Crippen LogP contribution is 2.36. The third-order valence-corrected chi connectivity index (χ3v) is 6.31. The van der Waals surface area contributed by atoms with Gasteiger partial charge in [0.15, 0.2) is 5.16 Å². The van der Waals surface area contributed by atoms with E-state index in [-0.39, 0.29) is 0 Å². The van der Waals surface area contributed by atoms with Gasteiger partial charge in [0.05, 0.1) is 16.8 Å². The largest absolute Gasteiger partial charge is 0.424 e. The number of imidazole rings is 1. The normalized spacial score (nSPS) is 14.4. The zero-order valence-corrected chi connectivity index (χ0v) is 16.4. The maximum Gasteiger partial charge on any atom is 0.226 e. The predicted octanol–water partition coefficient (Wildman–Crippen LogP) is 5.22. The van der Waals surface area contributed by atoms with Gasteiger partial charge in [0.2, 0.25) is 11.8 Å². The van der Waals surface area contributed by atoms with Crippen LogP contribution in [0.1, 0.15) is 42.5 Å². The summed E-state index contributed by atoms with van der Waals surface area (Å²) in [5, 5.41) is 9.47. The molecule has 1 saturated carbocycles. The second-order valence-corrected chi connectivity index (χ2v) is 8.16. The van der Waals surface area contributed by atoms with Crippen LogP contribution in [0, 0.1) is 0 Å². The van der Waals surface area contributed by atoms with Crippen molar-refractivity contribution >= 4 is 22.8 Å². The summed E-state index contributed by atoms with van der Waals surface area (Å²) in [5.41, 5.74) is 3.53. The lowest BCUT2D eigenvalue weighted by Crippen LogP contribution is -2.08. The molecule has 0 radical (unpaired) electrons. The van der Waals surface area contributed by atoms with Crippen LogP contribution < -0.4 is 0 Å². The van der Waals surface area contributed by atoms with E-state index in [2.05, 4.69) is 63.3 Å². The van der Waals surface area contributed by atoms with Crippen LogP contribution in [-0.2, 0) is 18.7 Å². The van der Waals surface area contributed by atoms with Crippen molar-refractivity contribution in [2.24, 2.45) is 0 Å². The zero-order valence-electron chi connectivity index (χ0n) is 15.6. The average molecular weight is 391 g/mol. The fourth-order valence-electron chi connectivity index (χ4n) is 3.54. The molecule has 1 fully saturated rings. The molecule has 5 rings (SSSR count). The van der Waals surface area contributed by atoms with E-state index in [4.69, 9.17) is 9.40 Å². The van der Waals surface area contributed by atoms with Crippen LogP contribution in [-0.4, -0.2) is 19.7 Å². The number of para-hydroxylation sites is 2. The molecule has 4 aromatic rings. The Labute approximate surface area is 168 Å². The van der Waals surface area contributed by atoms with Gasteiger partial charge in [-0.05, 0) is 37.0 Å². The van der Waals surface area contributed by atoms with Gasteiger partial charge in [-0.2, -0.15) is 0 Å². The fraction of sp³-hybridized carbons (Fsp3) is 0.318. The predicted molar refractivity (Wildman–Crippen MR) is 110 cm³/mol. The minimum Gasteiger partial charge on any atom is -0.424 e. The van der Waals surface area contributed by atoms with Crippen LogP contribution in [0.25, 0.3) is 11.0 Å². The molecule has 0 spiro atoms. The Bertz CT molecular complexity index is 1070. The average Bonchev–Trinajstić information content (AvgIpc) is 3.28. The van der Waals surface area contributed by atoms with Crippen molar-refractivity contribution in [2.75, 3.05) is 0 Å². The highest BCUT2D eigenvalue weighted by molar-refractivity contribution is 7.98. The van der Waals surface area contributed by atoms with Crippen LogP contribution in [0.3, 0.4) is 0 Å². The van der Waals surface area contributed by atoms with E-state index in [1.165, 1.54) is 30.3 Å². The van der Waals surface area contributed by atoms with Gasteiger partial charge < -0.3 is 8.98 Å². The topological polar surface area (TPSA) is 56.7 Å². The molecule has 0 amide bonds. The van der Waals surface area contributed by atoms with E-state index in [9.17, 15) is 0 Å². The molecule has 142 valence electrons. The maximum absolute atomic E-state index is 5.87. The van der Waals surface area contributed by atoms with Crippen molar-refractivity contribution in [1.82, 2.24) is 19.7 Å². The highest BCUT2D eigenvalue weighted by Gasteiger charge is 2.25. The summed E-state index contributed by atoms with van der Waals surface area (Å²) in [6.07, 6.45) is 4.58. The summed E-state index contributed by atoms with van der Waals surface area (Å²) in [5.74, 6) is 2.61. The minimum absolute atomic E-state index is 0.474. The number of thioether (sulfide) groups is 1. The van der Waals surface area contributed by atoms with Gasteiger partial charge in [0.25, 0.3) is 0 Å². The summed E-state index contributed by atoms with van der Waals surface area (Å²) in [6.45, 7) is 0.893. The Kier molecular flexibility index (Phi) is 4.87. The van der Waals surface area contributed by atoms with E-state index in [1.54, 1.807) is 11.8 Å². The number of aromatic nitrogens is 4. The molecule has 0 atom stereocenters. The Morgan fingerprint density at radius 2 is 1.82 bits per heavy atom. The smallest absolute Gasteiger partial charge is 0.226 e. The van der Waals surface area contributed by atoms with Crippen LogP contribution >= 0.6 is 11.8 Å². The molecular formula is C22H22N4OS. The van der Waals surface area contributed by atoms with Crippen molar-refractivity contribution in [3.8, 4) is 0 Å². The van der Waals surface area contributed by atoms with Gasteiger partial charge in [-0.1, -0.05) is 60.6 Å². The van der Waals surface area contributed by atoms with Crippen molar-refractivity contribution < 1.29 is 4.42 Å². The number of hydrogen-bond acceptors (Lipinski definition) is 5. The van der Waals surface area contributed by atoms with E-state index in [1.807, 2.05) is 6.07 Å². The van der Waals surface area contributed by atoms with E-state index in [0.717, 1.165) is 29.5 Å². The number of fused-ring (bicyclic) bond motifs is 1. The zero-order chi connectivity index (χ0) is 18.8. The van der Waals surface area contributed by atoms with E-state index >= 15 is 0 Å². The van der Waals surface area contributed by atoms with Gasteiger partial charge in [0, 0.05) is 12.5 Å². The molecule has 2 heterocycles. The molecule has 0 bridgehead atoms. The second kappa shape index (κ2) is 7.80. The molecule has 2 aromatic heterocycles. The Hall–Kier alpha value is -2.60. The lowest BCUT2D eigenvalue weighted by Gasteiger charge is -2.20. The van der Waals surface area contributed by atoms with Gasteiger partial charge in [-0.3, -0.25) is 0 Å². The SMILES string of the molecule is c1ccc(CCn2c(SCc3nnc(C4CCC4)o3)nc3ccccc32)cc1. The quantitative estimate of drug-likeness (QED) is 0.405. The van der Waals surface area contributed by atoms with Gasteiger partial charge in [-0.25, -0.2) is 4.98 Å². The molecule has 1 aliphatic carbocycles. The maximum atomic E-state index is 5.87. The van der Waals surface area contributed by atoms with Crippen molar-refractivity contribution in [2.45, 2.75) is 49.1 Å². The first-order valence-corrected chi connectivity index (χ1v) is 10.8. The van der Waals surface area contributed by atoms with Crippen molar-refractivity contribution in [3.63, 3.8) is 0 Å². The number of benzene rings is 2. The summed E-state index contributed by atoms with van der Waals surface area (Å²) in [4.78, 5) is 4.85. The van der Waals surface area contributed by atoms with Crippen LogP contribution in [0.2, 0.25) is 0 Å². The highest BCUT2D eigenvalue weighted by atomic mass is 32.2. The molecule has 28 heavy (non-hydrogen) atoms. The Balaban J connectivity index is 1.35. The second-order valence-electron chi connectivity index (χ2n) is 7.22. The van der Waals surface area contributed by atoms with E-state index in [0.29, 0.717) is 17.6 Å². The van der Waals surface area contributed by atoms with Crippen LogP contribution in [0.15, 0.2) is 64.2 Å². The monoisotopic (exact) mass is 390 g/mol. The molecule has 0 saturated heterocycles. The fourth-order valence-corrected chi connectivity index (χ4v) is 4.41. The summed E-state index contributed by atoms with van der Waals surface area (Å²) >= 11 is 1.67. The Morgan fingerprint density at radius 1 is 1.00 bits per heavy atom. The third kappa shape index (κ3) is 3.56. The van der Waals surface area contributed by atoms with Gasteiger partial charge in [0.1, 0.15) is 0 Å². The molecule has 5 nitrogen and oxygen atoms in total. The van der Waals surface area contributed by atoms with Gasteiger partial charge >= 0.3 is 0 Å². The number of rotatable bonds is 7. The molecule has 6 heteroatoms. The summed E-state index contributed by atoms with van der Waals surface area (Å²) in [7, 11) is 0.